The van der Waals surface area contributed by atoms with Crippen LogP contribution >= 0.6 is 27.3 Å². The first kappa shape index (κ1) is 12.4. The first-order chi connectivity index (χ1) is 8.78. The molecule has 1 N–H and O–H groups in total. The van der Waals surface area contributed by atoms with E-state index in [1.54, 1.807) is 22.5 Å². The maximum Gasteiger partial charge on any atom is 0.0702 e. The number of aryl methyl sites for hydroxylation is 2. The molecule has 3 rings (SSSR count). The fourth-order valence-electron chi connectivity index (χ4n) is 2.73. The van der Waals surface area contributed by atoms with E-state index in [1.807, 2.05) is 7.05 Å². The third-order valence-electron chi connectivity index (χ3n) is 3.62. The maximum absolute atomic E-state index is 3.54. The fraction of sp³-hybridized carbons (Fsp3) is 0.333. The monoisotopic (exact) mass is 321 g/mol. The Morgan fingerprint density at radius 3 is 2.72 bits per heavy atom. The second kappa shape index (κ2) is 5.16. The van der Waals surface area contributed by atoms with Gasteiger partial charge in [-0.15, -0.1) is 11.3 Å². The summed E-state index contributed by atoms with van der Waals surface area (Å²) in [6.07, 6.45) is 3.81. The van der Waals surface area contributed by atoms with Gasteiger partial charge in [-0.05, 0) is 71.1 Å². The van der Waals surface area contributed by atoms with E-state index >= 15 is 0 Å². The Morgan fingerprint density at radius 1 is 1.17 bits per heavy atom. The van der Waals surface area contributed by atoms with Crippen molar-refractivity contribution >= 4 is 27.3 Å². The second-order valence-electron chi connectivity index (χ2n) is 4.75. The summed E-state index contributed by atoms with van der Waals surface area (Å²) in [5.74, 6) is 0. The fourth-order valence-corrected chi connectivity index (χ4v) is 4.29. The number of rotatable bonds is 3. The highest BCUT2D eigenvalue weighted by Crippen LogP contribution is 2.33. The van der Waals surface area contributed by atoms with Crippen LogP contribution in [0.3, 0.4) is 0 Å². The predicted molar refractivity (Wildman–Crippen MR) is 81.4 cm³/mol. The third kappa shape index (κ3) is 2.27. The molecule has 0 saturated carbocycles. The minimum Gasteiger partial charge on any atom is -0.309 e. The van der Waals surface area contributed by atoms with Gasteiger partial charge in [0.1, 0.15) is 0 Å². The highest BCUT2D eigenvalue weighted by molar-refractivity contribution is 9.11. The summed E-state index contributed by atoms with van der Waals surface area (Å²) >= 11 is 5.35. The number of nitrogens with one attached hydrogen (secondary N) is 1. The Kier molecular flexibility index (Phi) is 3.55. The van der Waals surface area contributed by atoms with E-state index in [-0.39, 0.29) is 0 Å². The van der Waals surface area contributed by atoms with Gasteiger partial charge in [-0.3, -0.25) is 0 Å². The number of hydrogen-bond donors (Lipinski definition) is 1. The SMILES string of the molecule is CNC(c1ccc2c(c1)CCC2)c1ccc(Br)s1. The quantitative estimate of drug-likeness (QED) is 0.888. The van der Waals surface area contributed by atoms with Crippen LogP contribution in [0.4, 0.5) is 0 Å². The Morgan fingerprint density at radius 2 is 2.00 bits per heavy atom. The van der Waals surface area contributed by atoms with E-state index in [0.29, 0.717) is 6.04 Å². The average molecular weight is 322 g/mol. The number of hydrogen-bond acceptors (Lipinski definition) is 2. The van der Waals surface area contributed by atoms with Crippen molar-refractivity contribution in [1.29, 1.82) is 0 Å². The molecule has 2 aromatic rings. The van der Waals surface area contributed by atoms with Gasteiger partial charge in [0.25, 0.3) is 0 Å². The zero-order valence-electron chi connectivity index (χ0n) is 10.4. The van der Waals surface area contributed by atoms with Gasteiger partial charge in [0, 0.05) is 4.88 Å². The molecule has 0 bridgehead atoms. The van der Waals surface area contributed by atoms with E-state index in [1.165, 1.54) is 33.5 Å². The zero-order chi connectivity index (χ0) is 12.5. The molecule has 94 valence electrons. The van der Waals surface area contributed by atoms with Crippen molar-refractivity contribution in [2.45, 2.75) is 25.3 Å². The molecule has 1 aliphatic carbocycles. The minimum atomic E-state index is 0.312. The Balaban J connectivity index is 1.96. The van der Waals surface area contributed by atoms with E-state index in [4.69, 9.17) is 0 Å². The van der Waals surface area contributed by atoms with Crippen molar-refractivity contribution in [1.82, 2.24) is 5.32 Å². The molecule has 18 heavy (non-hydrogen) atoms. The summed E-state index contributed by atoms with van der Waals surface area (Å²) in [7, 11) is 2.03. The number of halogens is 1. The molecule has 1 atom stereocenters. The van der Waals surface area contributed by atoms with Crippen molar-refractivity contribution in [3.05, 3.63) is 55.7 Å². The summed E-state index contributed by atoms with van der Waals surface area (Å²) < 4.78 is 1.19. The van der Waals surface area contributed by atoms with Crippen molar-refractivity contribution in [3.8, 4) is 0 Å². The summed E-state index contributed by atoms with van der Waals surface area (Å²) in [6.45, 7) is 0. The highest BCUT2D eigenvalue weighted by atomic mass is 79.9. The van der Waals surface area contributed by atoms with E-state index in [2.05, 4.69) is 51.6 Å². The van der Waals surface area contributed by atoms with E-state index in [0.717, 1.165) is 0 Å². The molecular formula is C15H16BrNS. The molecule has 0 aliphatic heterocycles. The lowest BCUT2D eigenvalue weighted by molar-refractivity contribution is 0.703. The van der Waals surface area contributed by atoms with Crippen LogP contribution in [0.15, 0.2) is 34.1 Å². The van der Waals surface area contributed by atoms with Gasteiger partial charge in [-0.25, -0.2) is 0 Å². The van der Waals surface area contributed by atoms with Crippen molar-refractivity contribution in [2.24, 2.45) is 0 Å². The largest absolute Gasteiger partial charge is 0.309 e. The topological polar surface area (TPSA) is 12.0 Å². The van der Waals surface area contributed by atoms with E-state index < -0.39 is 0 Å². The summed E-state index contributed by atoms with van der Waals surface area (Å²) in [5.41, 5.74) is 4.47. The van der Waals surface area contributed by atoms with E-state index in [9.17, 15) is 0 Å². The smallest absolute Gasteiger partial charge is 0.0702 e. The van der Waals surface area contributed by atoms with Crippen LogP contribution in [-0.4, -0.2) is 7.05 Å². The highest BCUT2D eigenvalue weighted by Gasteiger charge is 2.17. The van der Waals surface area contributed by atoms with Crippen molar-refractivity contribution < 1.29 is 0 Å². The second-order valence-corrected chi connectivity index (χ2v) is 7.24. The third-order valence-corrected chi connectivity index (χ3v) is 5.31. The summed E-state index contributed by atoms with van der Waals surface area (Å²) in [4.78, 5) is 1.36. The van der Waals surface area contributed by atoms with Gasteiger partial charge >= 0.3 is 0 Å². The zero-order valence-corrected chi connectivity index (χ0v) is 12.8. The molecule has 0 radical (unpaired) electrons. The van der Waals surface area contributed by atoms with Gasteiger partial charge in [0.05, 0.1) is 9.83 Å². The standard InChI is InChI=1S/C15H16BrNS/c1-17-15(13-7-8-14(16)18-13)12-6-5-10-3-2-4-11(10)9-12/h5-9,15,17H,2-4H2,1H3. The Hall–Kier alpha value is -0.640. The van der Waals surface area contributed by atoms with Gasteiger partial charge in [0.2, 0.25) is 0 Å². The first-order valence-corrected chi connectivity index (χ1v) is 7.93. The lowest BCUT2D eigenvalue weighted by atomic mass is 10.0. The average Bonchev–Trinajstić information content (AvgIpc) is 2.99. The Labute approximate surface area is 120 Å². The number of benzene rings is 1. The summed E-state index contributed by atoms with van der Waals surface area (Å²) in [5, 5.41) is 3.43. The lowest BCUT2D eigenvalue weighted by Gasteiger charge is -2.16. The van der Waals surface area contributed by atoms with Crippen LogP contribution < -0.4 is 5.32 Å². The van der Waals surface area contributed by atoms with Crippen LogP contribution in [0.25, 0.3) is 0 Å². The van der Waals surface area contributed by atoms with Crippen molar-refractivity contribution in [3.63, 3.8) is 0 Å². The predicted octanol–water partition coefficient (Wildman–Crippen LogP) is 4.31. The van der Waals surface area contributed by atoms with Crippen LogP contribution in [0.1, 0.15) is 34.0 Å². The van der Waals surface area contributed by atoms with Gasteiger partial charge in [-0.2, -0.15) is 0 Å². The minimum absolute atomic E-state index is 0.312. The van der Waals surface area contributed by atoms with Crippen LogP contribution in [0, 0.1) is 0 Å². The van der Waals surface area contributed by atoms with Crippen LogP contribution in [0.2, 0.25) is 0 Å². The van der Waals surface area contributed by atoms with Crippen LogP contribution in [-0.2, 0) is 12.8 Å². The Bertz CT molecular complexity index is 561. The molecule has 0 fully saturated rings. The molecule has 1 nitrogen and oxygen atoms in total. The molecule has 1 heterocycles. The molecular weight excluding hydrogens is 306 g/mol. The van der Waals surface area contributed by atoms with Crippen molar-refractivity contribution in [2.75, 3.05) is 7.05 Å². The molecule has 0 amide bonds. The number of thiophene rings is 1. The lowest BCUT2D eigenvalue weighted by Crippen LogP contribution is -2.16. The van der Waals surface area contributed by atoms with Crippen LogP contribution in [0.5, 0.6) is 0 Å². The van der Waals surface area contributed by atoms with Gasteiger partial charge < -0.3 is 5.32 Å². The molecule has 0 saturated heterocycles. The van der Waals surface area contributed by atoms with Gasteiger partial charge in [0.15, 0.2) is 0 Å². The maximum atomic E-state index is 3.54. The van der Waals surface area contributed by atoms with Gasteiger partial charge in [-0.1, -0.05) is 18.2 Å². The molecule has 1 aromatic carbocycles. The molecule has 1 aliphatic rings. The molecule has 1 aromatic heterocycles. The molecule has 3 heteroatoms. The normalized spacial score (nSPS) is 15.7. The molecule has 0 spiro atoms. The summed E-state index contributed by atoms with van der Waals surface area (Å²) in [6, 6.07) is 11.6. The first-order valence-electron chi connectivity index (χ1n) is 6.32. The molecule has 1 unspecified atom stereocenters. The number of fused-ring (bicyclic) bond motifs is 1.